The highest BCUT2D eigenvalue weighted by Gasteiger charge is 2.38. The van der Waals surface area contributed by atoms with Crippen molar-refractivity contribution >= 4 is 17.7 Å². The summed E-state index contributed by atoms with van der Waals surface area (Å²) in [5.41, 5.74) is 1.05. The Morgan fingerprint density at radius 1 is 1.62 bits per heavy atom. The first-order valence-electron chi connectivity index (χ1n) is 5.29. The van der Waals surface area contributed by atoms with Crippen LogP contribution in [0.4, 0.5) is 0 Å². The maximum absolute atomic E-state index is 10.9. The van der Waals surface area contributed by atoms with Crippen LogP contribution in [0.1, 0.15) is 17.7 Å². The molecule has 2 rings (SSSR count). The number of thioether (sulfide) groups is 1. The first-order chi connectivity index (χ1) is 7.72. The predicted molar refractivity (Wildman–Crippen MR) is 63.9 cm³/mol. The van der Waals surface area contributed by atoms with Crippen LogP contribution in [0.3, 0.4) is 0 Å². The highest BCUT2D eigenvalue weighted by Crippen LogP contribution is 2.48. The zero-order chi connectivity index (χ0) is 11.5. The van der Waals surface area contributed by atoms with E-state index in [4.69, 9.17) is 9.84 Å². The third kappa shape index (κ3) is 2.16. The Bertz CT molecular complexity index is 392. The molecule has 1 saturated heterocycles. The number of aliphatic carboxylic acids is 1. The SMILES string of the molecule is CCOc1cccc(C2SCC2C(=O)O)c1. The first-order valence-corrected chi connectivity index (χ1v) is 6.34. The van der Waals surface area contributed by atoms with Gasteiger partial charge in [-0.15, -0.1) is 0 Å². The maximum atomic E-state index is 10.9. The second kappa shape index (κ2) is 4.78. The largest absolute Gasteiger partial charge is 0.494 e. The lowest BCUT2D eigenvalue weighted by Crippen LogP contribution is -2.30. The average molecular weight is 238 g/mol. The topological polar surface area (TPSA) is 46.5 Å². The van der Waals surface area contributed by atoms with E-state index < -0.39 is 5.97 Å². The molecular formula is C12H14O3S. The minimum atomic E-state index is -0.703. The van der Waals surface area contributed by atoms with Gasteiger partial charge in [0.05, 0.1) is 12.5 Å². The lowest BCUT2D eigenvalue weighted by molar-refractivity contribution is -0.141. The van der Waals surface area contributed by atoms with Gasteiger partial charge in [-0.3, -0.25) is 4.79 Å². The normalized spacial score (nSPS) is 23.6. The second-order valence-electron chi connectivity index (χ2n) is 3.70. The Morgan fingerprint density at radius 3 is 3.00 bits per heavy atom. The van der Waals surface area contributed by atoms with E-state index in [-0.39, 0.29) is 11.2 Å². The van der Waals surface area contributed by atoms with Gasteiger partial charge in [0, 0.05) is 11.0 Å². The Morgan fingerprint density at radius 2 is 2.44 bits per heavy atom. The first kappa shape index (κ1) is 11.3. The van der Waals surface area contributed by atoms with Gasteiger partial charge in [0.1, 0.15) is 5.75 Å². The van der Waals surface area contributed by atoms with Crippen molar-refractivity contribution < 1.29 is 14.6 Å². The molecule has 2 unspecified atom stereocenters. The fourth-order valence-corrected chi connectivity index (χ4v) is 2.94. The van der Waals surface area contributed by atoms with Crippen LogP contribution in [0.25, 0.3) is 0 Å². The van der Waals surface area contributed by atoms with E-state index in [1.165, 1.54) is 0 Å². The van der Waals surface area contributed by atoms with Crippen LogP contribution < -0.4 is 4.74 Å². The van der Waals surface area contributed by atoms with Gasteiger partial charge in [0.15, 0.2) is 0 Å². The average Bonchev–Trinajstić information content (AvgIpc) is 2.16. The summed E-state index contributed by atoms with van der Waals surface area (Å²) >= 11 is 1.69. The quantitative estimate of drug-likeness (QED) is 0.875. The van der Waals surface area contributed by atoms with Crippen molar-refractivity contribution in [1.82, 2.24) is 0 Å². The molecule has 86 valence electrons. The molecule has 3 nitrogen and oxygen atoms in total. The molecule has 16 heavy (non-hydrogen) atoms. The van der Waals surface area contributed by atoms with Crippen LogP contribution in [0.2, 0.25) is 0 Å². The van der Waals surface area contributed by atoms with E-state index in [1.54, 1.807) is 11.8 Å². The van der Waals surface area contributed by atoms with Gasteiger partial charge in [-0.2, -0.15) is 11.8 Å². The molecule has 0 saturated carbocycles. The number of carbonyl (C=O) groups is 1. The van der Waals surface area contributed by atoms with E-state index in [0.29, 0.717) is 12.4 Å². The summed E-state index contributed by atoms with van der Waals surface area (Å²) in [6.45, 7) is 2.56. The standard InChI is InChI=1S/C12H14O3S/c1-2-15-9-5-3-4-8(6-9)11-10(7-16-11)12(13)14/h3-6,10-11H,2,7H2,1H3,(H,13,14). The molecule has 1 aromatic carbocycles. The molecule has 0 bridgehead atoms. The molecular weight excluding hydrogens is 224 g/mol. The Labute approximate surface area is 98.8 Å². The molecule has 1 heterocycles. The monoisotopic (exact) mass is 238 g/mol. The number of hydrogen-bond acceptors (Lipinski definition) is 3. The summed E-state index contributed by atoms with van der Waals surface area (Å²) in [5, 5.41) is 9.07. The summed E-state index contributed by atoms with van der Waals surface area (Å²) in [6, 6.07) is 7.72. The summed E-state index contributed by atoms with van der Waals surface area (Å²) < 4.78 is 5.40. The Kier molecular flexibility index (Phi) is 3.39. The van der Waals surface area contributed by atoms with Crippen LogP contribution in [0, 0.1) is 5.92 Å². The molecule has 1 aliphatic heterocycles. The number of hydrogen-bond donors (Lipinski definition) is 1. The van der Waals surface area contributed by atoms with Crippen molar-refractivity contribution in [3.8, 4) is 5.75 Å². The van der Waals surface area contributed by atoms with Crippen LogP contribution in [-0.2, 0) is 4.79 Å². The summed E-state index contributed by atoms with van der Waals surface area (Å²) in [7, 11) is 0. The fraction of sp³-hybridized carbons (Fsp3) is 0.417. The number of benzene rings is 1. The molecule has 2 atom stereocenters. The lowest BCUT2D eigenvalue weighted by Gasteiger charge is -2.33. The third-order valence-electron chi connectivity index (χ3n) is 2.64. The van der Waals surface area contributed by atoms with E-state index in [0.717, 1.165) is 11.3 Å². The summed E-state index contributed by atoms with van der Waals surface area (Å²) in [6.07, 6.45) is 0. The molecule has 4 heteroatoms. The van der Waals surface area contributed by atoms with Gasteiger partial charge in [-0.25, -0.2) is 0 Å². The number of carboxylic acid groups (broad SMARTS) is 1. The number of ether oxygens (including phenoxy) is 1. The Balaban J connectivity index is 2.14. The van der Waals surface area contributed by atoms with Crippen molar-refractivity contribution in [2.24, 2.45) is 5.92 Å². The fourth-order valence-electron chi connectivity index (χ4n) is 1.77. The summed E-state index contributed by atoms with van der Waals surface area (Å²) in [5.74, 6) is 0.572. The molecule has 1 aliphatic rings. The molecule has 0 aliphatic carbocycles. The second-order valence-corrected chi connectivity index (χ2v) is 4.88. The highest BCUT2D eigenvalue weighted by molar-refractivity contribution is 8.01. The Hall–Kier alpha value is -1.16. The molecule has 1 N–H and O–H groups in total. The van der Waals surface area contributed by atoms with E-state index in [2.05, 4.69) is 0 Å². The third-order valence-corrected chi connectivity index (χ3v) is 4.15. The number of carboxylic acids is 1. The maximum Gasteiger partial charge on any atom is 0.308 e. The molecule has 0 aromatic heterocycles. The van der Waals surface area contributed by atoms with Crippen LogP contribution >= 0.6 is 11.8 Å². The van der Waals surface area contributed by atoms with Gasteiger partial charge in [-0.1, -0.05) is 12.1 Å². The van der Waals surface area contributed by atoms with Crippen molar-refractivity contribution in [2.75, 3.05) is 12.4 Å². The van der Waals surface area contributed by atoms with Crippen molar-refractivity contribution in [3.05, 3.63) is 29.8 Å². The van der Waals surface area contributed by atoms with Crippen LogP contribution in [0.15, 0.2) is 24.3 Å². The molecule has 0 spiro atoms. The zero-order valence-electron chi connectivity index (χ0n) is 9.05. The smallest absolute Gasteiger partial charge is 0.308 e. The predicted octanol–water partition coefficient (Wildman–Crippen LogP) is 2.57. The van der Waals surface area contributed by atoms with Crippen LogP contribution in [-0.4, -0.2) is 23.4 Å². The molecule has 0 amide bonds. The highest BCUT2D eigenvalue weighted by atomic mass is 32.2. The zero-order valence-corrected chi connectivity index (χ0v) is 9.87. The van der Waals surface area contributed by atoms with Gasteiger partial charge < -0.3 is 9.84 Å². The molecule has 0 radical (unpaired) electrons. The molecule has 1 aromatic rings. The van der Waals surface area contributed by atoms with E-state index >= 15 is 0 Å². The van der Waals surface area contributed by atoms with Gasteiger partial charge in [0.25, 0.3) is 0 Å². The van der Waals surface area contributed by atoms with Crippen molar-refractivity contribution in [1.29, 1.82) is 0 Å². The van der Waals surface area contributed by atoms with E-state index in [9.17, 15) is 4.79 Å². The van der Waals surface area contributed by atoms with Crippen LogP contribution in [0.5, 0.6) is 5.75 Å². The number of rotatable bonds is 4. The minimum Gasteiger partial charge on any atom is -0.494 e. The van der Waals surface area contributed by atoms with Gasteiger partial charge in [-0.05, 0) is 24.6 Å². The van der Waals surface area contributed by atoms with Gasteiger partial charge >= 0.3 is 5.97 Å². The summed E-state index contributed by atoms with van der Waals surface area (Å²) in [4.78, 5) is 10.9. The minimum absolute atomic E-state index is 0.0814. The lowest BCUT2D eigenvalue weighted by atomic mass is 9.99. The van der Waals surface area contributed by atoms with Crippen molar-refractivity contribution in [3.63, 3.8) is 0 Å². The molecule has 1 fully saturated rings. The van der Waals surface area contributed by atoms with Gasteiger partial charge in [0.2, 0.25) is 0 Å². The van der Waals surface area contributed by atoms with Crippen molar-refractivity contribution in [2.45, 2.75) is 12.2 Å². The van der Waals surface area contributed by atoms with E-state index in [1.807, 2.05) is 31.2 Å².